The Morgan fingerprint density at radius 1 is 0.694 bits per heavy atom. The zero-order chi connectivity index (χ0) is 34.6. The summed E-state index contributed by atoms with van der Waals surface area (Å²) < 4.78 is 0. The molecule has 0 amide bonds. The number of pyridine rings is 2. The molecule has 4 aromatic carbocycles. The van der Waals surface area contributed by atoms with Crippen LogP contribution in [0.4, 0.5) is 0 Å². The first-order valence-corrected chi connectivity index (χ1v) is 17.1. The maximum Gasteiger partial charge on any atom is 0.0167 e. The van der Waals surface area contributed by atoms with E-state index in [1.165, 1.54) is 60.8 Å². The largest absolute Gasteiger partial charge is 0.305 e. The summed E-state index contributed by atoms with van der Waals surface area (Å²) in [6, 6.07) is 35.2. The van der Waals surface area contributed by atoms with Gasteiger partial charge in [0.1, 0.15) is 0 Å². The molecule has 0 aliphatic heterocycles. The molecule has 2 nitrogen and oxygen atoms in total. The fraction of sp³-hybridized carbons (Fsp3) is 0.304. The quantitative estimate of drug-likeness (QED) is 0.163. The number of fused-ring (bicyclic) bond motifs is 5. The third-order valence-electron chi connectivity index (χ3n) is 10.1. The van der Waals surface area contributed by atoms with Crippen LogP contribution in [0.3, 0.4) is 0 Å². The first kappa shape index (κ1) is 36.4. The Balaban J connectivity index is 0.000000199. The summed E-state index contributed by atoms with van der Waals surface area (Å²) in [7, 11) is 0. The van der Waals surface area contributed by atoms with Crippen molar-refractivity contribution in [1.29, 1.82) is 0 Å². The van der Waals surface area contributed by atoms with E-state index in [0.29, 0.717) is 0 Å². The molecule has 2 heterocycles. The minimum absolute atomic E-state index is 0. The first-order chi connectivity index (χ1) is 22.6. The summed E-state index contributed by atoms with van der Waals surface area (Å²) in [5, 5.41) is 2.61. The maximum absolute atomic E-state index is 4.86. The molecular weight excluding hydrogens is 773 g/mol. The van der Waals surface area contributed by atoms with Crippen molar-refractivity contribution in [2.24, 2.45) is 0 Å². The van der Waals surface area contributed by atoms with Gasteiger partial charge in [0.25, 0.3) is 0 Å². The second kappa shape index (κ2) is 13.4. The average molecular weight is 821 g/mol. The number of aromatic nitrogens is 2. The number of aryl methyl sites for hydroxylation is 2. The van der Waals surface area contributed by atoms with Crippen LogP contribution in [-0.4, -0.2) is 9.97 Å². The Bertz CT molecular complexity index is 2080. The summed E-state index contributed by atoms with van der Waals surface area (Å²) in [6.45, 7) is 24.5. The molecule has 0 fully saturated rings. The predicted octanol–water partition coefficient (Wildman–Crippen LogP) is 12.1. The van der Waals surface area contributed by atoms with Crippen LogP contribution in [0.15, 0.2) is 91.3 Å². The summed E-state index contributed by atoms with van der Waals surface area (Å²) in [4.78, 5) is 9.38. The van der Waals surface area contributed by atoms with Crippen molar-refractivity contribution in [1.82, 2.24) is 9.97 Å². The van der Waals surface area contributed by atoms with Gasteiger partial charge in [-0.1, -0.05) is 119 Å². The number of nitrogens with zero attached hydrogens (tertiary/aromatic N) is 2. The molecule has 0 N–H and O–H groups in total. The number of rotatable bonds is 2. The van der Waals surface area contributed by atoms with E-state index in [1.807, 2.05) is 18.5 Å². The van der Waals surface area contributed by atoms with Crippen LogP contribution in [0, 0.1) is 32.9 Å². The zero-order valence-electron chi connectivity index (χ0n) is 30.9. The van der Waals surface area contributed by atoms with Gasteiger partial charge in [0, 0.05) is 37.9 Å². The van der Waals surface area contributed by atoms with E-state index < -0.39 is 0 Å². The molecule has 2 aromatic heterocycles. The van der Waals surface area contributed by atoms with Gasteiger partial charge in [0.2, 0.25) is 0 Å². The van der Waals surface area contributed by atoms with Crippen LogP contribution in [0.1, 0.15) is 94.3 Å². The summed E-state index contributed by atoms with van der Waals surface area (Å²) in [5.74, 6) is 0. The zero-order valence-corrected chi connectivity index (χ0v) is 33.3. The van der Waals surface area contributed by atoms with Crippen molar-refractivity contribution >= 4 is 10.8 Å². The van der Waals surface area contributed by atoms with Gasteiger partial charge in [0.05, 0.1) is 0 Å². The molecule has 0 bridgehead atoms. The van der Waals surface area contributed by atoms with E-state index in [0.717, 1.165) is 22.5 Å². The molecule has 0 saturated carbocycles. The van der Waals surface area contributed by atoms with E-state index in [2.05, 4.69) is 166 Å². The van der Waals surface area contributed by atoms with Gasteiger partial charge >= 0.3 is 0 Å². The molecular formula is C46H48IrN2-2. The minimum Gasteiger partial charge on any atom is -0.305 e. The third-order valence-corrected chi connectivity index (χ3v) is 10.1. The van der Waals surface area contributed by atoms with E-state index in [4.69, 9.17) is 4.98 Å². The van der Waals surface area contributed by atoms with Gasteiger partial charge in [-0.05, 0) is 72.9 Å². The summed E-state index contributed by atoms with van der Waals surface area (Å²) in [5.41, 5.74) is 16.2. The molecule has 0 atom stereocenters. The number of hydrogen-bond acceptors (Lipinski definition) is 2. The fourth-order valence-corrected chi connectivity index (χ4v) is 6.93. The molecule has 0 spiro atoms. The number of hydrogen-bond donors (Lipinski definition) is 0. The molecule has 1 radical (unpaired) electrons. The average Bonchev–Trinajstić information content (AvgIpc) is 3.29. The van der Waals surface area contributed by atoms with Gasteiger partial charge in [-0.15, -0.1) is 69.8 Å². The molecule has 7 rings (SSSR count). The Morgan fingerprint density at radius 2 is 1.37 bits per heavy atom. The predicted molar refractivity (Wildman–Crippen MR) is 204 cm³/mol. The molecule has 0 unspecified atom stereocenters. The van der Waals surface area contributed by atoms with Gasteiger partial charge in [-0.25, -0.2) is 0 Å². The SMILES string of the molecule is CC(C)(C)c1cc[c-]c(-c2cc(C(C)(C)C)ccn2)c1.Cc1[c-]c(-c2nccc3c2C(C)(C)c2ccc4ccccc4c2-3)cc(C)c1C.[Ir]. The van der Waals surface area contributed by atoms with Crippen molar-refractivity contribution < 1.29 is 20.1 Å². The van der Waals surface area contributed by atoms with E-state index in [1.54, 1.807) is 0 Å². The maximum atomic E-state index is 4.86. The van der Waals surface area contributed by atoms with Crippen molar-refractivity contribution in [3.05, 3.63) is 142 Å². The Hall–Kier alpha value is -3.91. The van der Waals surface area contributed by atoms with Crippen LogP contribution in [0.25, 0.3) is 44.4 Å². The Labute approximate surface area is 307 Å². The number of benzene rings is 4. The van der Waals surface area contributed by atoms with E-state index >= 15 is 0 Å². The molecule has 1 aliphatic carbocycles. The van der Waals surface area contributed by atoms with E-state index in [-0.39, 0.29) is 36.4 Å². The monoisotopic (exact) mass is 821 g/mol. The second-order valence-corrected chi connectivity index (χ2v) is 16.0. The topological polar surface area (TPSA) is 25.8 Å². The molecule has 1 aliphatic rings. The van der Waals surface area contributed by atoms with Gasteiger partial charge in [-0.2, -0.15) is 0 Å². The summed E-state index contributed by atoms with van der Waals surface area (Å²) >= 11 is 0. The van der Waals surface area contributed by atoms with Crippen LogP contribution in [0.2, 0.25) is 0 Å². The van der Waals surface area contributed by atoms with Crippen LogP contribution in [0.5, 0.6) is 0 Å². The Kier molecular flexibility index (Phi) is 9.96. The molecule has 6 aromatic rings. The molecule has 253 valence electrons. The minimum atomic E-state index is -0.0984. The van der Waals surface area contributed by atoms with Gasteiger partial charge in [0.15, 0.2) is 0 Å². The van der Waals surface area contributed by atoms with Crippen molar-refractivity contribution in [3.8, 4) is 33.6 Å². The first-order valence-electron chi connectivity index (χ1n) is 17.1. The van der Waals surface area contributed by atoms with Crippen LogP contribution < -0.4 is 0 Å². The molecule has 3 heteroatoms. The van der Waals surface area contributed by atoms with Crippen LogP contribution >= 0.6 is 0 Å². The molecule has 0 saturated heterocycles. The normalized spacial score (nSPS) is 13.2. The fourth-order valence-electron chi connectivity index (χ4n) is 6.93. The third kappa shape index (κ3) is 6.94. The smallest absolute Gasteiger partial charge is 0.0167 e. The van der Waals surface area contributed by atoms with Crippen molar-refractivity contribution in [2.75, 3.05) is 0 Å². The standard InChI is InChI=1S/C27H24N.C19H24N.Ir/c1-16-14-20(15-17(2)18(16)3)26-25-22(12-13-28-26)24-21-9-7-6-8-19(21)10-11-23(24)27(25,4)5;1-18(2,3)15-9-7-8-14(12-15)17-13-16(10-11-20-17)19(4,5)6;/h6-14H,1-5H3;7,9-13H,1-6H3;/q2*-1;. The molecule has 49 heavy (non-hydrogen) atoms. The summed E-state index contributed by atoms with van der Waals surface area (Å²) in [6.07, 6.45) is 3.85. The van der Waals surface area contributed by atoms with Gasteiger partial charge in [-0.3, -0.25) is 0 Å². The Morgan fingerprint density at radius 3 is 2.06 bits per heavy atom. The van der Waals surface area contributed by atoms with Crippen molar-refractivity contribution in [2.45, 2.75) is 92.4 Å². The van der Waals surface area contributed by atoms with Crippen molar-refractivity contribution in [3.63, 3.8) is 0 Å². The van der Waals surface area contributed by atoms with Crippen LogP contribution in [-0.2, 0) is 36.4 Å². The van der Waals surface area contributed by atoms with E-state index in [9.17, 15) is 0 Å². The second-order valence-electron chi connectivity index (χ2n) is 16.0. The van der Waals surface area contributed by atoms with Gasteiger partial charge < -0.3 is 9.97 Å².